The molecule has 4 heteroatoms. The first-order valence-corrected chi connectivity index (χ1v) is 7.07. The first kappa shape index (κ1) is 14.0. The van der Waals surface area contributed by atoms with Gasteiger partial charge in [0.05, 0.1) is 12.1 Å². The van der Waals surface area contributed by atoms with Crippen molar-refractivity contribution in [2.75, 3.05) is 7.05 Å². The summed E-state index contributed by atoms with van der Waals surface area (Å²) in [5, 5.41) is 3.04. The van der Waals surface area contributed by atoms with Crippen molar-refractivity contribution >= 4 is 0 Å². The Morgan fingerprint density at radius 3 is 2.62 bits per heavy atom. The fraction of sp³-hybridized carbons (Fsp3) is 0.294. The van der Waals surface area contributed by atoms with Crippen LogP contribution in [0.1, 0.15) is 30.0 Å². The molecule has 1 aliphatic rings. The molecule has 0 aliphatic heterocycles. The summed E-state index contributed by atoms with van der Waals surface area (Å²) in [6.45, 7) is 0. The third-order valence-corrected chi connectivity index (χ3v) is 3.60. The average Bonchev–Trinajstić information content (AvgIpc) is 3.29. The van der Waals surface area contributed by atoms with E-state index in [1.807, 2.05) is 24.3 Å². The van der Waals surface area contributed by atoms with E-state index < -0.39 is 17.7 Å². The summed E-state index contributed by atoms with van der Waals surface area (Å²) in [7, 11) is 1.73. The van der Waals surface area contributed by atoms with Crippen molar-refractivity contribution in [1.82, 2.24) is 5.32 Å². The van der Waals surface area contributed by atoms with Crippen LogP contribution in [0.25, 0.3) is 0 Å². The van der Waals surface area contributed by atoms with Crippen molar-refractivity contribution in [1.29, 1.82) is 0 Å². The second-order valence-electron chi connectivity index (χ2n) is 5.25. The molecule has 2 nitrogen and oxygen atoms in total. The molecule has 1 aliphatic carbocycles. The van der Waals surface area contributed by atoms with Crippen molar-refractivity contribution in [2.45, 2.75) is 25.0 Å². The van der Waals surface area contributed by atoms with Gasteiger partial charge in [-0.1, -0.05) is 24.3 Å². The van der Waals surface area contributed by atoms with E-state index in [-0.39, 0.29) is 0 Å². The van der Waals surface area contributed by atoms with Crippen LogP contribution in [0.3, 0.4) is 0 Å². The van der Waals surface area contributed by atoms with Gasteiger partial charge >= 0.3 is 0 Å². The highest BCUT2D eigenvalue weighted by atomic mass is 19.2. The minimum atomic E-state index is -0.835. The molecular weight excluding hydrogens is 272 g/mol. The van der Waals surface area contributed by atoms with Gasteiger partial charge in [0.15, 0.2) is 11.6 Å². The molecule has 0 heterocycles. The number of halogens is 2. The third kappa shape index (κ3) is 3.05. The van der Waals surface area contributed by atoms with E-state index in [4.69, 9.17) is 4.74 Å². The second-order valence-corrected chi connectivity index (χ2v) is 5.25. The van der Waals surface area contributed by atoms with Gasteiger partial charge in [0.25, 0.3) is 0 Å². The first-order valence-electron chi connectivity index (χ1n) is 7.07. The maximum absolute atomic E-state index is 14.0. The highest BCUT2D eigenvalue weighted by Crippen LogP contribution is 2.31. The maximum Gasteiger partial charge on any atom is 0.163 e. The van der Waals surface area contributed by atoms with Crippen LogP contribution in [0.15, 0.2) is 42.5 Å². The van der Waals surface area contributed by atoms with Gasteiger partial charge in [0, 0.05) is 5.56 Å². The Morgan fingerprint density at radius 1 is 1.14 bits per heavy atom. The smallest absolute Gasteiger partial charge is 0.163 e. The normalized spacial score (nSPS) is 15.8. The van der Waals surface area contributed by atoms with Crippen LogP contribution in [0.5, 0.6) is 5.75 Å². The zero-order valence-corrected chi connectivity index (χ0v) is 11.8. The minimum absolute atomic E-state index is 0.293. The summed E-state index contributed by atoms with van der Waals surface area (Å²) < 4.78 is 33.2. The quantitative estimate of drug-likeness (QED) is 0.903. The van der Waals surface area contributed by atoms with Crippen LogP contribution in [0.2, 0.25) is 0 Å². The molecule has 0 aromatic heterocycles. The Balaban J connectivity index is 1.93. The number of rotatable bonds is 5. The topological polar surface area (TPSA) is 21.3 Å². The molecule has 2 aromatic rings. The number of hydrogen-bond donors (Lipinski definition) is 1. The molecule has 1 fully saturated rings. The molecule has 3 rings (SSSR count). The highest BCUT2D eigenvalue weighted by Gasteiger charge is 2.24. The van der Waals surface area contributed by atoms with Crippen molar-refractivity contribution in [3.05, 3.63) is 65.2 Å². The van der Waals surface area contributed by atoms with Gasteiger partial charge < -0.3 is 10.1 Å². The van der Waals surface area contributed by atoms with Gasteiger partial charge in [-0.3, -0.25) is 0 Å². The average molecular weight is 289 g/mol. The number of hydrogen-bond acceptors (Lipinski definition) is 2. The summed E-state index contributed by atoms with van der Waals surface area (Å²) in [5.74, 6) is -0.879. The fourth-order valence-electron chi connectivity index (χ4n) is 2.39. The molecule has 1 atom stereocenters. The Morgan fingerprint density at radius 2 is 1.90 bits per heavy atom. The van der Waals surface area contributed by atoms with Crippen molar-refractivity contribution in [3.63, 3.8) is 0 Å². The van der Waals surface area contributed by atoms with Crippen LogP contribution >= 0.6 is 0 Å². The van der Waals surface area contributed by atoms with Crippen molar-refractivity contribution in [3.8, 4) is 5.75 Å². The van der Waals surface area contributed by atoms with Crippen molar-refractivity contribution in [2.24, 2.45) is 0 Å². The van der Waals surface area contributed by atoms with Gasteiger partial charge in [0.2, 0.25) is 0 Å². The Bertz CT molecular complexity index is 640. The number of nitrogens with one attached hydrogen (secondary N) is 1. The molecule has 0 amide bonds. The summed E-state index contributed by atoms with van der Waals surface area (Å²) in [6.07, 6.45) is 2.47. The zero-order chi connectivity index (χ0) is 14.8. The monoisotopic (exact) mass is 289 g/mol. The summed E-state index contributed by atoms with van der Waals surface area (Å²) in [4.78, 5) is 0. The highest BCUT2D eigenvalue weighted by molar-refractivity contribution is 5.37. The van der Waals surface area contributed by atoms with E-state index in [2.05, 4.69) is 5.32 Å². The largest absolute Gasteiger partial charge is 0.490 e. The molecular formula is C17H17F2NO. The molecule has 0 spiro atoms. The summed E-state index contributed by atoms with van der Waals surface area (Å²) >= 11 is 0. The van der Waals surface area contributed by atoms with E-state index in [0.29, 0.717) is 11.7 Å². The van der Waals surface area contributed by atoms with Gasteiger partial charge in [-0.25, -0.2) is 8.78 Å². The van der Waals surface area contributed by atoms with Gasteiger partial charge in [-0.15, -0.1) is 0 Å². The lowest BCUT2D eigenvalue weighted by Gasteiger charge is -2.19. The van der Waals surface area contributed by atoms with Gasteiger partial charge in [-0.05, 0) is 43.7 Å². The SMILES string of the molecule is CNC(c1cccc(OC2CC2)c1)c1cccc(F)c1F. The minimum Gasteiger partial charge on any atom is -0.490 e. The second kappa shape index (κ2) is 5.82. The molecule has 1 unspecified atom stereocenters. The van der Waals surface area contributed by atoms with E-state index in [9.17, 15) is 8.78 Å². The van der Waals surface area contributed by atoms with Gasteiger partial charge in [0.1, 0.15) is 5.75 Å². The third-order valence-electron chi connectivity index (χ3n) is 3.60. The predicted molar refractivity (Wildman–Crippen MR) is 77.4 cm³/mol. The lowest BCUT2D eigenvalue weighted by molar-refractivity contribution is 0.302. The lowest BCUT2D eigenvalue weighted by atomic mass is 9.98. The van der Waals surface area contributed by atoms with E-state index >= 15 is 0 Å². The molecule has 21 heavy (non-hydrogen) atoms. The van der Waals surface area contributed by atoms with Crippen molar-refractivity contribution < 1.29 is 13.5 Å². The summed E-state index contributed by atoms with van der Waals surface area (Å²) in [6, 6.07) is 11.3. The zero-order valence-electron chi connectivity index (χ0n) is 11.8. The Labute approximate surface area is 122 Å². The van der Waals surface area contributed by atoms with E-state index in [1.165, 1.54) is 6.07 Å². The fourth-order valence-corrected chi connectivity index (χ4v) is 2.39. The molecule has 0 saturated heterocycles. The lowest BCUT2D eigenvalue weighted by Crippen LogP contribution is -2.19. The standard InChI is InChI=1S/C17H17F2NO/c1-20-17(14-6-3-7-15(18)16(14)19)11-4-2-5-13(10-11)21-12-8-9-12/h2-7,10,12,17,20H,8-9H2,1H3. The molecule has 2 aromatic carbocycles. The maximum atomic E-state index is 14.0. The summed E-state index contributed by atoms with van der Waals surface area (Å²) in [5.41, 5.74) is 1.14. The molecule has 1 N–H and O–H groups in total. The van der Waals surface area contributed by atoms with Crippen LogP contribution in [0.4, 0.5) is 8.78 Å². The number of ether oxygens (including phenoxy) is 1. The predicted octanol–water partition coefficient (Wildman–Crippen LogP) is 3.81. The van der Waals surface area contributed by atoms with Gasteiger partial charge in [-0.2, -0.15) is 0 Å². The molecule has 1 saturated carbocycles. The van der Waals surface area contributed by atoms with Crippen LogP contribution in [0, 0.1) is 11.6 Å². The molecule has 0 radical (unpaired) electrons. The van der Waals surface area contributed by atoms with E-state index in [1.54, 1.807) is 13.1 Å². The van der Waals surface area contributed by atoms with Crippen LogP contribution in [-0.4, -0.2) is 13.2 Å². The van der Waals surface area contributed by atoms with Crippen LogP contribution in [-0.2, 0) is 0 Å². The number of benzene rings is 2. The first-order chi connectivity index (χ1) is 10.2. The molecule has 110 valence electrons. The van der Waals surface area contributed by atoms with Crippen LogP contribution < -0.4 is 10.1 Å². The Hall–Kier alpha value is -1.94. The Kier molecular flexibility index (Phi) is 3.88. The van der Waals surface area contributed by atoms with E-state index in [0.717, 1.165) is 30.2 Å². The molecule has 0 bridgehead atoms.